The molecule has 0 aliphatic carbocycles. The average Bonchev–Trinajstić information content (AvgIpc) is 2.35. The summed E-state index contributed by atoms with van der Waals surface area (Å²) < 4.78 is 13.9. The van der Waals surface area contributed by atoms with E-state index in [9.17, 15) is 4.39 Å². The molecule has 1 heterocycles. The van der Waals surface area contributed by atoms with Crippen LogP contribution in [0.4, 0.5) is 10.1 Å². The Morgan fingerprint density at radius 3 is 2.60 bits per heavy atom. The topological polar surface area (TPSA) is 15.3 Å². The molecule has 0 radical (unpaired) electrons. The van der Waals surface area contributed by atoms with E-state index in [4.69, 9.17) is 0 Å². The van der Waals surface area contributed by atoms with E-state index in [1.54, 1.807) is 12.1 Å². The minimum Gasteiger partial charge on any atom is -0.367 e. The lowest BCUT2D eigenvalue weighted by Gasteiger charge is -2.39. The van der Waals surface area contributed by atoms with Crippen molar-refractivity contribution in [3.05, 3.63) is 30.1 Å². The Hall–Kier alpha value is -1.09. The van der Waals surface area contributed by atoms with Crippen molar-refractivity contribution in [2.75, 3.05) is 24.5 Å². The van der Waals surface area contributed by atoms with Crippen LogP contribution in [0.1, 0.15) is 34.1 Å². The van der Waals surface area contributed by atoms with Gasteiger partial charge in [-0.05, 0) is 29.9 Å². The molecule has 112 valence electrons. The first-order valence-electron chi connectivity index (χ1n) is 7.58. The number of hydrogen-bond donors (Lipinski definition) is 1. The molecule has 0 bridgehead atoms. The van der Waals surface area contributed by atoms with Gasteiger partial charge in [0, 0.05) is 25.7 Å². The largest absolute Gasteiger partial charge is 0.367 e. The van der Waals surface area contributed by atoms with Gasteiger partial charge in [-0.3, -0.25) is 0 Å². The van der Waals surface area contributed by atoms with Crippen LogP contribution in [-0.2, 0) is 0 Å². The zero-order valence-electron chi connectivity index (χ0n) is 13.1. The van der Waals surface area contributed by atoms with Gasteiger partial charge in [-0.2, -0.15) is 0 Å². The van der Waals surface area contributed by atoms with Crippen molar-refractivity contribution in [2.24, 2.45) is 11.3 Å². The summed E-state index contributed by atoms with van der Waals surface area (Å²) in [7, 11) is 0. The second kappa shape index (κ2) is 6.13. The molecule has 0 amide bonds. The molecule has 2 unspecified atom stereocenters. The van der Waals surface area contributed by atoms with E-state index in [-0.39, 0.29) is 11.2 Å². The lowest BCUT2D eigenvalue weighted by atomic mass is 9.92. The molecule has 2 nitrogen and oxygen atoms in total. The van der Waals surface area contributed by atoms with Crippen LogP contribution in [-0.4, -0.2) is 25.7 Å². The van der Waals surface area contributed by atoms with E-state index in [1.807, 2.05) is 12.1 Å². The fourth-order valence-electron chi connectivity index (χ4n) is 2.85. The molecule has 1 aromatic carbocycles. The summed E-state index contributed by atoms with van der Waals surface area (Å²) >= 11 is 0. The molecular formula is C17H27FN2. The van der Waals surface area contributed by atoms with E-state index < -0.39 is 0 Å². The molecule has 1 fully saturated rings. The number of nitrogens with zero attached hydrogens (tertiary/aromatic N) is 1. The smallest absolute Gasteiger partial charge is 0.146 e. The number of hydrogen-bond acceptors (Lipinski definition) is 2. The van der Waals surface area contributed by atoms with Crippen molar-refractivity contribution in [3.63, 3.8) is 0 Å². The quantitative estimate of drug-likeness (QED) is 0.907. The highest BCUT2D eigenvalue weighted by Crippen LogP contribution is 2.25. The standard InChI is InChI=1S/C17H27FN2/c1-13-9-14(19-12-17(2,3)4)11-20(10-13)16-8-6-5-7-15(16)18/h5-8,13-14,19H,9-12H2,1-4H3. The first-order valence-corrected chi connectivity index (χ1v) is 7.58. The molecule has 0 saturated carbocycles. The summed E-state index contributed by atoms with van der Waals surface area (Å²) in [5.74, 6) is 0.469. The summed E-state index contributed by atoms with van der Waals surface area (Å²) in [6, 6.07) is 7.54. The maximum Gasteiger partial charge on any atom is 0.146 e. The molecule has 2 rings (SSSR count). The summed E-state index contributed by atoms with van der Waals surface area (Å²) in [6.45, 7) is 11.8. The average molecular weight is 278 g/mol. The Labute approximate surface area is 122 Å². The highest BCUT2D eigenvalue weighted by atomic mass is 19.1. The van der Waals surface area contributed by atoms with Gasteiger partial charge in [-0.15, -0.1) is 0 Å². The first-order chi connectivity index (χ1) is 9.35. The Kier molecular flexibility index (Phi) is 4.69. The number of rotatable bonds is 3. The van der Waals surface area contributed by atoms with Crippen LogP contribution in [0.2, 0.25) is 0 Å². The van der Waals surface area contributed by atoms with Gasteiger partial charge in [-0.1, -0.05) is 39.8 Å². The van der Waals surface area contributed by atoms with E-state index >= 15 is 0 Å². The summed E-state index contributed by atoms with van der Waals surface area (Å²) in [6.07, 6.45) is 1.17. The highest BCUT2D eigenvalue weighted by molar-refractivity contribution is 5.48. The number of para-hydroxylation sites is 1. The maximum absolute atomic E-state index is 13.9. The van der Waals surface area contributed by atoms with E-state index in [0.717, 1.165) is 25.3 Å². The van der Waals surface area contributed by atoms with Crippen LogP contribution in [0.25, 0.3) is 0 Å². The fourth-order valence-corrected chi connectivity index (χ4v) is 2.85. The van der Waals surface area contributed by atoms with Gasteiger partial charge in [-0.25, -0.2) is 4.39 Å². The lowest BCUT2D eigenvalue weighted by molar-refractivity contribution is 0.299. The molecule has 20 heavy (non-hydrogen) atoms. The molecule has 0 spiro atoms. The molecule has 1 saturated heterocycles. The normalized spacial score (nSPS) is 23.9. The van der Waals surface area contributed by atoms with Crippen LogP contribution in [0.5, 0.6) is 0 Å². The SMILES string of the molecule is CC1CC(NCC(C)(C)C)CN(c2ccccc2F)C1. The van der Waals surface area contributed by atoms with Crippen LogP contribution in [0.3, 0.4) is 0 Å². The Morgan fingerprint density at radius 2 is 1.95 bits per heavy atom. The second-order valence-corrected chi connectivity index (χ2v) is 7.34. The Morgan fingerprint density at radius 1 is 1.25 bits per heavy atom. The van der Waals surface area contributed by atoms with Gasteiger partial charge in [0.2, 0.25) is 0 Å². The van der Waals surface area contributed by atoms with Gasteiger partial charge in [0.15, 0.2) is 0 Å². The third-order valence-corrected chi connectivity index (χ3v) is 3.77. The molecular weight excluding hydrogens is 251 g/mol. The lowest BCUT2D eigenvalue weighted by Crippen LogP contribution is -2.50. The Balaban J connectivity index is 2.03. The van der Waals surface area contributed by atoms with Crippen LogP contribution >= 0.6 is 0 Å². The van der Waals surface area contributed by atoms with Gasteiger partial charge in [0.1, 0.15) is 5.82 Å². The number of piperidine rings is 1. The second-order valence-electron chi connectivity index (χ2n) is 7.34. The fraction of sp³-hybridized carbons (Fsp3) is 0.647. The van der Waals surface area contributed by atoms with E-state index in [0.29, 0.717) is 12.0 Å². The first kappa shape index (κ1) is 15.3. The number of benzene rings is 1. The molecule has 3 heteroatoms. The summed E-state index contributed by atoms with van der Waals surface area (Å²) in [4.78, 5) is 2.18. The number of halogens is 1. The zero-order valence-corrected chi connectivity index (χ0v) is 13.1. The maximum atomic E-state index is 13.9. The predicted molar refractivity (Wildman–Crippen MR) is 83.6 cm³/mol. The molecule has 1 aliphatic rings. The number of nitrogens with one attached hydrogen (secondary N) is 1. The zero-order chi connectivity index (χ0) is 14.8. The molecule has 1 aliphatic heterocycles. The van der Waals surface area contributed by atoms with E-state index in [1.165, 1.54) is 6.42 Å². The highest BCUT2D eigenvalue weighted by Gasteiger charge is 2.26. The number of anilines is 1. The monoisotopic (exact) mass is 278 g/mol. The van der Waals surface area contributed by atoms with Crippen molar-refractivity contribution in [1.29, 1.82) is 0 Å². The van der Waals surface area contributed by atoms with Crippen molar-refractivity contribution in [3.8, 4) is 0 Å². The minimum atomic E-state index is -0.115. The van der Waals surface area contributed by atoms with Crippen LogP contribution in [0.15, 0.2) is 24.3 Å². The molecule has 0 aromatic heterocycles. The van der Waals surface area contributed by atoms with Crippen molar-refractivity contribution >= 4 is 5.69 Å². The third-order valence-electron chi connectivity index (χ3n) is 3.77. The molecule has 1 aromatic rings. The minimum absolute atomic E-state index is 0.115. The van der Waals surface area contributed by atoms with Gasteiger partial charge in [0.05, 0.1) is 5.69 Å². The summed E-state index contributed by atoms with van der Waals surface area (Å²) in [5.41, 5.74) is 1.02. The third kappa shape index (κ3) is 4.20. The Bertz CT molecular complexity index is 439. The van der Waals surface area contributed by atoms with E-state index in [2.05, 4.69) is 37.9 Å². The van der Waals surface area contributed by atoms with Crippen LogP contribution in [0, 0.1) is 17.2 Å². The van der Waals surface area contributed by atoms with Crippen molar-refractivity contribution < 1.29 is 4.39 Å². The summed E-state index contributed by atoms with van der Waals surface area (Å²) in [5, 5.41) is 3.65. The van der Waals surface area contributed by atoms with Gasteiger partial charge >= 0.3 is 0 Å². The predicted octanol–water partition coefficient (Wildman–Crippen LogP) is 3.68. The van der Waals surface area contributed by atoms with Crippen LogP contribution < -0.4 is 10.2 Å². The van der Waals surface area contributed by atoms with Gasteiger partial charge in [0.25, 0.3) is 0 Å². The van der Waals surface area contributed by atoms with Crippen molar-refractivity contribution in [1.82, 2.24) is 5.32 Å². The molecule has 1 N–H and O–H groups in total. The van der Waals surface area contributed by atoms with Crippen molar-refractivity contribution in [2.45, 2.75) is 40.2 Å². The molecule has 2 atom stereocenters. The van der Waals surface area contributed by atoms with Gasteiger partial charge < -0.3 is 10.2 Å².